The molecule has 1 aromatic carbocycles. The van der Waals surface area contributed by atoms with Crippen LogP contribution in [-0.4, -0.2) is 31.2 Å². The van der Waals surface area contributed by atoms with Gasteiger partial charge in [-0.3, -0.25) is 14.9 Å². The number of rotatable bonds is 4. The maximum absolute atomic E-state index is 11.4. The van der Waals surface area contributed by atoms with Crippen LogP contribution in [0.5, 0.6) is 5.75 Å². The molecule has 106 valence electrons. The fourth-order valence-corrected chi connectivity index (χ4v) is 2.23. The van der Waals surface area contributed by atoms with Gasteiger partial charge in [-0.15, -0.1) is 4.91 Å². The molecule has 0 radical (unpaired) electrons. The second-order valence-electron chi connectivity index (χ2n) is 4.33. The SMILES string of the molecule is COc1cc([N+](=O)[O-])c(C(=O)N=O)cc1[C@@H]1CCOC1. The highest BCUT2D eigenvalue weighted by Crippen LogP contribution is 2.37. The summed E-state index contributed by atoms with van der Waals surface area (Å²) in [6, 6.07) is 2.45. The van der Waals surface area contributed by atoms with E-state index in [4.69, 9.17) is 9.47 Å². The number of ether oxygens (including phenoxy) is 2. The lowest BCUT2D eigenvalue weighted by atomic mass is 9.94. The second kappa shape index (κ2) is 5.74. The maximum Gasteiger partial charge on any atom is 0.323 e. The van der Waals surface area contributed by atoms with Crippen molar-refractivity contribution in [2.75, 3.05) is 20.3 Å². The Morgan fingerprint density at radius 2 is 2.30 bits per heavy atom. The number of carbonyl (C=O) groups excluding carboxylic acids is 1. The van der Waals surface area contributed by atoms with Crippen LogP contribution in [0.25, 0.3) is 0 Å². The molecule has 0 saturated carbocycles. The monoisotopic (exact) mass is 280 g/mol. The van der Waals surface area contributed by atoms with Crippen LogP contribution in [0, 0.1) is 15.0 Å². The molecule has 1 heterocycles. The first kappa shape index (κ1) is 14.1. The van der Waals surface area contributed by atoms with Gasteiger partial charge in [0.05, 0.1) is 24.7 Å². The van der Waals surface area contributed by atoms with E-state index < -0.39 is 16.5 Å². The zero-order valence-corrected chi connectivity index (χ0v) is 10.7. The molecule has 1 aliphatic heterocycles. The number of methoxy groups -OCH3 is 1. The van der Waals surface area contributed by atoms with Crippen molar-refractivity contribution in [3.05, 3.63) is 38.3 Å². The van der Waals surface area contributed by atoms with Crippen molar-refractivity contribution in [1.82, 2.24) is 0 Å². The molecule has 0 aromatic heterocycles. The minimum absolute atomic E-state index is 0.0241. The normalized spacial score (nSPS) is 17.8. The molecule has 0 bridgehead atoms. The molecule has 1 atom stereocenters. The van der Waals surface area contributed by atoms with Crippen LogP contribution < -0.4 is 4.74 Å². The third kappa shape index (κ3) is 2.50. The minimum atomic E-state index is -1.17. The first-order valence-corrected chi connectivity index (χ1v) is 5.90. The summed E-state index contributed by atoms with van der Waals surface area (Å²) in [7, 11) is 1.39. The third-order valence-corrected chi connectivity index (χ3v) is 3.23. The van der Waals surface area contributed by atoms with Crippen molar-refractivity contribution in [3.63, 3.8) is 0 Å². The average molecular weight is 280 g/mol. The smallest absolute Gasteiger partial charge is 0.323 e. The zero-order chi connectivity index (χ0) is 14.7. The largest absolute Gasteiger partial charge is 0.496 e. The predicted octanol–water partition coefficient (Wildman–Crippen LogP) is 2.01. The van der Waals surface area contributed by atoms with Gasteiger partial charge in [-0.05, 0) is 12.5 Å². The number of benzene rings is 1. The highest BCUT2D eigenvalue weighted by molar-refractivity contribution is 5.99. The quantitative estimate of drug-likeness (QED) is 0.474. The Labute approximate surface area is 113 Å². The maximum atomic E-state index is 11.4. The Bertz CT molecular complexity index is 565. The highest BCUT2D eigenvalue weighted by Gasteiger charge is 2.29. The standard InChI is InChI=1S/C12H12N2O6/c1-19-11-5-10(14(17)18)9(12(15)13-16)4-8(11)7-2-3-20-6-7/h4-5,7H,2-3,6H2,1H3/t7-/m1/s1. The fraction of sp³-hybridized carbons (Fsp3) is 0.417. The van der Waals surface area contributed by atoms with E-state index in [1.54, 1.807) is 0 Å². The molecule has 0 N–H and O–H groups in total. The van der Waals surface area contributed by atoms with Crippen LogP contribution in [0.2, 0.25) is 0 Å². The number of nitroso groups, excluding NO2 is 1. The predicted molar refractivity (Wildman–Crippen MR) is 68.0 cm³/mol. The number of hydrogen-bond acceptors (Lipinski definition) is 6. The van der Waals surface area contributed by atoms with Gasteiger partial charge in [0.2, 0.25) is 0 Å². The van der Waals surface area contributed by atoms with Crippen molar-refractivity contribution < 1.29 is 19.2 Å². The van der Waals surface area contributed by atoms with E-state index >= 15 is 0 Å². The van der Waals surface area contributed by atoms with E-state index in [9.17, 15) is 19.8 Å². The van der Waals surface area contributed by atoms with Crippen molar-refractivity contribution in [3.8, 4) is 5.75 Å². The van der Waals surface area contributed by atoms with Gasteiger partial charge in [0.15, 0.2) is 0 Å². The highest BCUT2D eigenvalue weighted by atomic mass is 16.6. The van der Waals surface area contributed by atoms with Gasteiger partial charge in [0.25, 0.3) is 5.69 Å². The van der Waals surface area contributed by atoms with Gasteiger partial charge < -0.3 is 9.47 Å². The summed E-state index contributed by atoms with van der Waals surface area (Å²) >= 11 is 0. The summed E-state index contributed by atoms with van der Waals surface area (Å²) < 4.78 is 10.4. The van der Waals surface area contributed by atoms with Crippen LogP contribution in [0.1, 0.15) is 28.3 Å². The number of carbonyl (C=O) groups is 1. The number of nitro benzene ring substituents is 1. The molecule has 0 unspecified atom stereocenters. The Kier molecular flexibility index (Phi) is 4.04. The lowest BCUT2D eigenvalue weighted by Gasteiger charge is -2.14. The Balaban J connectivity index is 2.59. The Hall–Kier alpha value is -2.35. The minimum Gasteiger partial charge on any atom is -0.496 e. The van der Waals surface area contributed by atoms with Crippen LogP contribution in [0.4, 0.5) is 5.69 Å². The Morgan fingerprint density at radius 1 is 1.55 bits per heavy atom. The molecule has 1 amide bonds. The second-order valence-corrected chi connectivity index (χ2v) is 4.33. The van der Waals surface area contributed by atoms with E-state index in [2.05, 4.69) is 5.18 Å². The topological polar surface area (TPSA) is 108 Å². The average Bonchev–Trinajstić information content (AvgIpc) is 2.98. The van der Waals surface area contributed by atoms with E-state index in [0.717, 1.165) is 12.5 Å². The number of hydrogen-bond donors (Lipinski definition) is 0. The number of nitrogens with zero attached hydrogens (tertiary/aromatic N) is 2. The van der Waals surface area contributed by atoms with Gasteiger partial charge in [-0.2, -0.15) is 0 Å². The summed E-state index contributed by atoms with van der Waals surface area (Å²) in [6.45, 7) is 1.01. The van der Waals surface area contributed by atoms with Gasteiger partial charge in [-0.25, -0.2) is 0 Å². The zero-order valence-electron chi connectivity index (χ0n) is 10.7. The molecule has 0 spiro atoms. The lowest BCUT2D eigenvalue weighted by Crippen LogP contribution is -2.07. The molecule has 8 heteroatoms. The summed E-state index contributed by atoms with van der Waals surface area (Å²) in [5.74, 6) is -0.891. The van der Waals surface area contributed by atoms with Crippen molar-refractivity contribution >= 4 is 11.6 Å². The van der Waals surface area contributed by atoms with Crippen molar-refractivity contribution in [2.24, 2.45) is 5.18 Å². The molecule has 2 rings (SSSR count). The summed E-state index contributed by atoms with van der Waals surface area (Å²) in [5, 5.41) is 13.2. The lowest BCUT2D eigenvalue weighted by molar-refractivity contribution is -0.385. The van der Waals surface area contributed by atoms with Crippen LogP contribution >= 0.6 is 0 Å². The van der Waals surface area contributed by atoms with Gasteiger partial charge >= 0.3 is 5.91 Å². The molecule has 1 aliphatic rings. The summed E-state index contributed by atoms with van der Waals surface area (Å²) in [6.07, 6.45) is 0.719. The van der Waals surface area contributed by atoms with Gasteiger partial charge in [-0.1, -0.05) is 0 Å². The fourth-order valence-electron chi connectivity index (χ4n) is 2.23. The van der Waals surface area contributed by atoms with Crippen LogP contribution in [0.15, 0.2) is 17.3 Å². The molecule has 1 saturated heterocycles. The van der Waals surface area contributed by atoms with E-state index in [0.29, 0.717) is 24.5 Å². The summed E-state index contributed by atoms with van der Waals surface area (Å²) in [4.78, 5) is 32.1. The van der Waals surface area contributed by atoms with Gasteiger partial charge in [0, 0.05) is 23.3 Å². The number of nitro groups is 1. The summed E-state index contributed by atoms with van der Waals surface area (Å²) in [5.41, 5.74) is -0.204. The third-order valence-electron chi connectivity index (χ3n) is 3.23. The van der Waals surface area contributed by atoms with Gasteiger partial charge in [0.1, 0.15) is 11.3 Å². The molecule has 1 fully saturated rings. The molecule has 0 aliphatic carbocycles. The molecular formula is C12H12N2O6. The van der Waals surface area contributed by atoms with Crippen LogP contribution in [-0.2, 0) is 4.74 Å². The first-order chi connectivity index (χ1) is 9.58. The molecule has 20 heavy (non-hydrogen) atoms. The van der Waals surface area contributed by atoms with E-state index in [1.807, 2.05) is 0 Å². The first-order valence-electron chi connectivity index (χ1n) is 5.90. The molecular weight excluding hydrogens is 268 g/mol. The Morgan fingerprint density at radius 3 is 2.80 bits per heavy atom. The van der Waals surface area contributed by atoms with E-state index in [-0.39, 0.29) is 11.5 Å². The molecule has 8 nitrogen and oxygen atoms in total. The van der Waals surface area contributed by atoms with Crippen LogP contribution in [0.3, 0.4) is 0 Å². The number of amides is 1. The van der Waals surface area contributed by atoms with E-state index in [1.165, 1.54) is 13.2 Å². The van der Waals surface area contributed by atoms with Crippen molar-refractivity contribution in [1.29, 1.82) is 0 Å². The molecule has 1 aromatic rings. The van der Waals surface area contributed by atoms with Crippen molar-refractivity contribution in [2.45, 2.75) is 12.3 Å².